The monoisotopic (exact) mass is 409 g/mol. The van der Waals surface area contributed by atoms with Gasteiger partial charge in [0, 0.05) is 26.4 Å². The highest BCUT2D eigenvalue weighted by molar-refractivity contribution is 7.91. The number of alkyl halides is 2. The molecule has 0 bridgehead atoms. The van der Waals surface area contributed by atoms with E-state index in [1.807, 2.05) is 0 Å². The van der Waals surface area contributed by atoms with E-state index in [9.17, 15) is 22.0 Å². The number of ether oxygens (including phenoxy) is 1. The highest BCUT2D eigenvalue weighted by atomic mass is 32.2. The van der Waals surface area contributed by atoms with E-state index < -0.39 is 27.5 Å². The number of halogens is 2. The van der Waals surface area contributed by atoms with Gasteiger partial charge in [-0.1, -0.05) is 12.2 Å². The number of allylic oxidation sites excluding steroid dienone is 1. The molecule has 0 aliphatic heterocycles. The third kappa shape index (κ3) is 10.7. The number of carbonyl (C=O) groups excluding carboxylic acids is 1. The molecule has 1 rings (SSSR count). The first-order valence-corrected chi connectivity index (χ1v) is 11.3. The smallest absolute Gasteiger partial charge is 0.410 e. The second-order valence-electron chi connectivity index (χ2n) is 8.34. The average molecular weight is 410 g/mol. The van der Waals surface area contributed by atoms with E-state index in [2.05, 4.69) is 0 Å². The zero-order valence-corrected chi connectivity index (χ0v) is 17.7. The van der Waals surface area contributed by atoms with Crippen LogP contribution in [0.4, 0.5) is 13.6 Å². The van der Waals surface area contributed by atoms with Crippen LogP contribution in [0.3, 0.4) is 0 Å². The first-order chi connectivity index (χ1) is 12.3. The molecule has 27 heavy (non-hydrogen) atoms. The number of nitrogens with zero attached hydrogens (tertiary/aromatic N) is 1. The molecule has 0 aromatic heterocycles. The Morgan fingerprint density at radius 2 is 1.81 bits per heavy atom. The second kappa shape index (κ2) is 9.85. The summed E-state index contributed by atoms with van der Waals surface area (Å²) in [4.78, 5) is 13.3. The quantitative estimate of drug-likeness (QED) is 0.439. The fraction of sp³-hybridized carbons (Fsp3) is 0.842. The fourth-order valence-electron chi connectivity index (χ4n) is 2.83. The molecule has 0 aromatic carbocycles. The summed E-state index contributed by atoms with van der Waals surface area (Å²) in [5.41, 5.74) is -0.560. The van der Waals surface area contributed by atoms with Crippen LogP contribution in [0.1, 0.15) is 59.3 Å². The van der Waals surface area contributed by atoms with Gasteiger partial charge in [0.2, 0.25) is 5.92 Å². The number of sulfone groups is 1. The third-order valence-corrected chi connectivity index (χ3v) is 6.04. The minimum absolute atomic E-state index is 0.0438. The molecule has 0 saturated heterocycles. The van der Waals surface area contributed by atoms with Crippen molar-refractivity contribution >= 4 is 15.9 Å². The number of unbranched alkanes of at least 4 members (excludes halogenated alkanes) is 1. The lowest BCUT2D eigenvalue weighted by atomic mass is 9.87. The normalized spacial score (nSPS) is 18.6. The minimum atomic E-state index is -3.22. The van der Waals surface area contributed by atoms with Crippen molar-refractivity contribution in [2.24, 2.45) is 5.92 Å². The van der Waals surface area contributed by atoms with Crippen LogP contribution in [-0.2, 0) is 14.6 Å². The Labute approximate surface area is 162 Å². The molecule has 0 aromatic rings. The van der Waals surface area contributed by atoms with Crippen LogP contribution in [0.5, 0.6) is 0 Å². The van der Waals surface area contributed by atoms with Crippen molar-refractivity contribution in [2.45, 2.75) is 70.8 Å². The van der Waals surface area contributed by atoms with Crippen LogP contribution >= 0.6 is 0 Å². The highest BCUT2D eigenvalue weighted by Crippen LogP contribution is 2.36. The number of amides is 1. The Bertz CT molecular complexity index is 602. The zero-order valence-electron chi connectivity index (χ0n) is 16.8. The lowest BCUT2D eigenvalue weighted by Crippen LogP contribution is -2.34. The van der Waals surface area contributed by atoms with Gasteiger partial charge in [0.1, 0.15) is 5.60 Å². The molecule has 0 spiro atoms. The number of rotatable bonds is 8. The molecule has 0 N–H and O–H groups in total. The number of carbonyl (C=O) groups is 1. The highest BCUT2D eigenvalue weighted by Gasteiger charge is 2.33. The van der Waals surface area contributed by atoms with Gasteiger partial charge in [-0.2, -0.15) is 0 Å². The Balaban J connectivity index is 2.25. The van der Waals surface area contributed by atoms with Crippen LogP contribution in [-0.4, -0.2) is 56.0 Å². The third-order valence-electron chi connectivity index (χ3n) is 4.42. The van der Waals surface area contributed by atoms with E-state index in [1.165, 1.54) is 4.90 Å². The van der Waals surface area contributed by atoms with Crippen LogP contribution in [0.2, 0.25) is 0 Å². The molecule has 8 heteroatoms. The summed E-state index contributed by atoms with van der Waals surface area (Å²) in [5.74, 6) is -2.55. The topological polar surface area (TPSA) is 63.7 Å². The summed E-state index contributed by atoms with van der Waals surface area (Å²) in [5, 5.41) is 0. The Morgan fingerprint density at radius 3 is 2.37 bits per heavy atom. The van der Waals surface area contributed by atoms with Crippen LogP contribution in [0.15, 0.2) is 12.2 Å². The Kier molecular flexibility index (Phi) is 8.70. The molecular weight excluding hydrogens is 376 g/mol. The molecule has 1 aliphatic rings. The molecule has 0 unspecified atom stereocenters. The van der Waals surface area contributed by atoms with Gasteiger partial charge >= 0.3 is 6.09 Å². The standard InChI is InChI=1S/C19H33F2NO4S/c1-18(2,3)26-17(23)22(4)13-5-6-14-27(24,25)15-7-8-16-9-11-19(20,21)12-10-16/h7-8,16H,5-6,9-15H2,1-4H3. The van der Waals surface area contributed by atoms with Crippen LogP contribution in [0, 0.1) is 5.92 Å². The minimum Gasteiger partial charge on any atom is -0.444 e. The molecule has 158 valence electrons. The van der Waals surface area contributed by atoms with E-state index in [4.69, 9.17) is 4.74 Å². The number of hydrogen-bond donors (Lipinski definition) is 0. The summed E-state index contributed by atoms with van der Waals surface area (Å²) in [6, 6.07) is 0. The van der Waals surface area contributed by atoms with E-state index in [0.29, 0.717) is 32.2 Å². The predicted molar refractivity (Wildman–Crippen MR) is 103 cm³/mol. The van der Waals surface area contributed by atoms with Gasteiger partial charge in [-0.3, -0.25) is 0 Å². The second-order valence-corrected chi connectivity index (χ2v) is 10.6. The maximum Gasteiger partial charge on any atom is 0.410 e. The summed E-state index contributed by atoms with van der Waals surface area (Å²) in [6.45, 7) is 5.80. The molecule has 0 atom stereocenters. The molecule has 0 radical (unpaired) electrons. The molecular formula is C19H33F2NO4S. The van der Waals surface area contributed by atoms with Crippen molar-refractivity contribution in [2.75, 3.05) is 25.1 Å². The van der Waals surface area contributed by atoms with Crippen molar-refractivity contribution in [3.8, 4) is 0 Å². The molecule has 1 aliphatic carbocycles. The largest absolute Gasteiger partial charge is 0.444 e. The Morgan fingerprint density at radius 1 is 1.22 bits per heavy atom. The van der Waals surface area contributed by atoms with Gasteiger partial charge < -0.3 is 9.64 Å². The van der Waals surface area contributed by atoms with Gasteiger partial charge in [0.15, 0.2) is 9.84 Å². The van der Waals surface area contributed by atoms with Gasteiger partial charge in [0.25, 0.3) is 0 Å². The molecule has 0 heterocycles. The van der Waals surface area contributed by atoms with Crippen molar-refractivity contribution < 1.29 is 26.7 Å². The van der Waals surface area contributed by atoms with E-state index in [1.54, 1.807) is 40.0 Å². The Hall–Kier alpha value is -1.18. The zero-order chi connectivity index (χ0) is 20.7. The number of hydrogen-bond acceptors (Lipinski definition) is 4. The predicted octanol–water partition coefficient (Wildman–Crippen LogP) is 4.43. The van der Waals surface area contributed by atoms with Gasteiger partial charge in [0.05, 0.1) is 11.5 Å². The summed E-state index contributed by atoms with van der Waals surface area (Å²) < 4.78 is 55.6. The lowest BCUT2D eigenvalue weighted by Gasteiger charge is -2.26. The van der Waals surface area contributed by atoms with Crippen molar-refractivity contribution in [3.63, 3.8) is 0 Å². The van der Waals surface area contributed by atoms with E-state index >= 15 is 0 Å². The first kappa shape index (κ1) is 23.9. The van der Waals surface area contributed by atoms with Gasteiger partial charge in [-0.15, -0.1) is 0 Å². The van der Waals surface area contributed by atoms with Crippen molar-refractivity contribution in [3.05, 3.63) is 12.2 Å². The molecule has 1 fully saturated rings. The van der Waals surface area contributed by atoms with Crippen molar-refractivity contribution in [1.29, 1.82) is 0 Å². The van der Waals surface area contributed by atoms with Crippen LogP contribution in [0.25, 0.3) is 0 Å². The van der Waals surface area contributed by atoms with Gasteiger partial charge in [-0.25, -0.2) is 22.0 Å². The summed E-state index contributed by atoms with van der Waals surface area (Å²) in [6.07, 6.45) is 4.52. The first-order valence-electron chi connectivity index (χ1n) is 9.49. The fourth-order valence-corrected chi connectivity index (χ4v) is 4.05. The maximum atomic E-state index is 13.1. The van der Waals surface area contributed by atoms with E-state index in [0.717, 1.165) is 0 Å². The van der Waals surface area contributed by atoms with Crippen molar-refractivity contribution in [1.82, 2.24) is 4.90 Å². The average Bonchev–Trinajstić information content (AvgIpc) is 2.51. The molecule has 1 saturated carbocycles. The maximum absolute atomic E-state index is 13.1. The van der Waals surface area contributed by atoms with Gasteiger partial charge in [-0.05, 0) is 52.4 Å². The van der Waals surface area contributed by atoms with Crippen LogP contribution < -0.4 is 0 Å². The molecule has 1 amide bonds. The molecule has 5 nitrogen and oxygen atoms in total. The SMILES string of the molecule is CN(CCCCS(=O)(=O)CC=CC1CCC(F)(F)CC1)C(=O)OC(C)(C)C. The summed E-state index contributed by atoms with van der Waals surface area (Å²) in [7, 11) is -1.60. The lowest BCUT2D eigenvalue weighted by molar-refractivity contribution is -0.0411. The van der Waals surface area contributed by atoms with E-state index in [-0.39, 0.29) is 30.3 Å². The summed E-state index contributed by atoms with van der Waals surface area (Å²) >= 11 is 0.